The third-order valence-electron chi connectivity index (χ3n) is 3.24. The fraction of sp³-hybridized carbons (Fsp3) is 0.0556. The van der Waals surface area contributed by atoms with Crippen molar-refractivity contribution in [2.24, 2.45) is 5.10 Å². The number of rotatable bonds is 5. The quantitative estimate of drug-likeness (QED) is 0.535. The third kappa shape index (κ3) is 4.95. The Balaban J connectivity index is 1.57. The topological polar surface area (TPSA) is 54.4 Å². The number of carbonyl (C=O) groups is 1. The monoisotopic (exact) mass is 373 g/mol. The molecule has 2 aromatic carbocycles. The van der Waals surface area contributed by atoms with Crippen LogP contribution in [0.15, 0.2) is 59.0 Å². The van der Waals surface area contributed by atoms with E-state index in [2.05, 4.69) is 15.5 Å². The van der Waals surface area contributed by atoms with Gasteiger partial charge < -0.3 is 0 Å². The number of hydrogen-bond donors (Lipinski definition) is 1. The molecule has 0 aliphatic carbocycles. The second-order valence-electron chi connectivity index (χ2n) is 5.18. The first-order valence-corrected chi connectivity index (χ1v) is 8.64. The molecule has 1 aromatic heterocycles. The Morgan fingerprint density at radius 3 is 2.84 bits per heavy atom. The average Bonchev–Trinajstić information content (AvgIpc) is 3.05. The molecular formula is C18H13ClFN3OS. The highest BCUT2D eigenvalue weighted by atomic mass is 35.5. The van der Waals surface area contributed by atoms with Crippen LogP contribution in [0.2, 0.25) is 5.02 Å². The van der Waals surface area contributed by atoms with Gasteiger partial charge in [-0.2, -0.15) is 5.10 Å². The summed E-state index contributed by atoms with van der Waals surface area (Å²) in [4.78, 5) is 16.4. The van der Waals surface area contributed by atoms with E-state index in [0.29, 0.717) is 16.3 Å². The van der Waals surface area contributed by atoms with Crippen LogP contribution in [-0.2, 0) is 11.2 Å². The van der Waals surface area contributed by atoms with Gasteiger partial charge in [0.15, 0.2) is 0 Å². The minimum atomic E-state index is -0.319. The second kappa shape index (κ2) is 8.00. The van der Waals surface area contributed by atoms with Crippen LogP contribution in [0.1, 0.15) is 11.3 Å². The van der Waals surface area contributed by atoms with Gasteiger partial charge in [0.25, 0.3) is 0 Å². The normalized spacial score (nSPS) is 11.0. The Kier molecular flexibility index (Phi) is 5.53. The maximum absolute atomic E-state index is 12.8. The highest BCUT2D eigenvalue weighted by Gasteiger charge is 2.09. The van der Waals surface area contributed by atoms with Gasteiger partial charge in [-0.15, -0.1) is 11.3 Å². The summed E-state index contributed by atoms with van der Waals surface area (Å²) in [5, 5.41) is 7.13. The first-order valence-electron chi connectivity index (χ1n) is 7.38. The van der Waals surface area contributed by atoms with Crippen LogP contribution >= 0.6 is 22.9 Å². The largest absolute Gasteiger partial charge is 0.273 e. The molecule has 0 atom stereocenters. The van der Waals surface area contributed by atoms with E-state index in [1.807, 2.05) is 23.6 Å². The summed E-state index contributed by atoms with van der Waals surface area (Å²) in [5.41, 5.74) is 4.70. The SMILES string of the molecule is O=C(Cc1csc(-c2cccc(Cl)c2)n1)NN=Cc1ccc(F)cc1. The lowest BCUT2D eigenvalue weighted by molar-refractivity contribution is -0.120. The van der Waals surface area contributed by atoms with Crippen LogP contribution < -0.4 is 5.43 Å². The van der Waals surface area contributed by atoms with Crippen molar-refractivity contribution < 1.29 is 9.18 Å². The lowest BCUT2D eigenvalue weighted by Crippen LogP contribution is -2.19. The molecule has 0 fully saturated rings. The zero-order chi connectivity index (χ0) is 17.6. The van der Waals surface area contributed by atoms with Crippen molar-refractivity contribution in [1.82, 2.24) is 10.4 Å². The van der Waals surface area contributed by atoms with Crippen molar-refractivity contribution in [2.75, 3.05) is 0 Å². The Morgan fingerprint density at radius 2 is 2.08 bits per heavy atom. The summed E-state index contributed by atoms with van der Waals surface area (Å²) in [5.74, 6) is -0.596. The molecule has 3 aromatic rings. The summed E-state index contributed by atoms with van der Waals surface area (Å²) in [6.07, 6.45) is 1.58. The van der Waals surface area contributed by atoms with Crippen molar-refractivity contribution in [1.29, 1.82) is 0 Å². The van der Waals surface area contributed by atoms with Crippen molar-refractivity contribution in [2.45, 2.75) is 6.42 Å². The number of hydrogen-bond acceptors (Lipinski definition) is 4. The molecular weight excluding hydrogens is 361 g/mol. The van der Waals surface area contributed by atoms with Gasteiger partial charge in [-0.1, -0.05) is 35.9 Å². The van der Waals surface area contributed by atoms with E-state index in [0.717, 1.165) is 10.6 Å². The molecule has 0 aliphatic rings. The van der Waals surface area contributed by atoms with E-state index in [1.165, 1.54) is 29.7 Å². The van der Waals surface area contributed by atoms with Gasteiger partial charge in [-0.25, -0.2) is 14.8 Å². The van der Waals surface area contributed by atoms with Crippen LogP contribution in [0.4, 0.5) is 4.39 Å². The first-order chi connectivity index (χ1) is 12.1. The number of nitrogens with zero attached hydrogens (tertiary/aromatic N) is 2. The van der Waals surface area contributed by atoms with E-state index in [-0.39, 0.29) is 18.1 Å². The fourth-order valence-corrected chi connectivity index (χ4v) is 3.08. The minimum absolute atomic E-state index is 0.123. The van der Waals surface area contributed by atoms with Gasteiger partial charge in [0.05, 0.1) is 18.3 Å². The number of hydrazone groups is 1. The molecule has 0 spiro atoms. The lowest BCUT2D eigenvalue weighted by atomic mass is 10.2. The maximum Gasteiger partial charge on any atom is 0.246 e. The zero-order valence-corrected chi connectivity index (χ0v) is 14.5. The van der Waals surface area contributed by atoms with Crippen LogP contribution in [0, 0.1) is 5.82 Å². The molecule has 0 bridgehead atoms. The predicted molar refractivity (Wildman–Crippen MR) is 98.4 cm³/mol. The van der Waals surface area contributed by atoms with Crippen molar-refractivity contribution in [3.05, 3.63) is 76.0 Å². The molecule has 1 amide bonds. The van der Waals surface area contributed by atoms with E-state index in [9.17, 15) is 9.18 Å². The summed E-state index contributed by atoms with van der Waals surface area (Å²) >= 11 is 7.43. The molecule has 1 heterocycles. The van der Waals surface area contributed by atoms with Crippen LogP contribution in [0.5, 0.6) is 0 Å². The summed E-state index contributed by atoms with van der Waals surface area (Å²) < 4.78 is 12.8. The summed E-state index contributed by atoms with van der Waals surface area (Å²) in [6.45, 7) is 0. The predicted octanol–water partition coefficient (Wildman–Crippen LogP) is 4.30. The number of halogens is 2. The van der Waals surface area contributed by atoms with Gasteiger partial charge in [-0.05, 0) is 29.8 Å². The van der Waals surface area contributed by atoms with Crippen LogP contribution in [0.3, 0.4) is 0 Å². The number of carbonyl (C=O) groups excluding carboxylic acids is 1. The van der Waals surface area contributed by atoms with E-state index >= 15 is 0 Å². The lowest BCUT2D eigenvalue weighted by Gasteiger charge is -1.98. The van der Waals surface area contributed by atoms with Crippen molar-refractivity contribution in [3.8, 4) is 10.6 Å². The van der Waals surface area contributed by atoms with Gasteiger partial charge in [-0.3, -0.25) is 4.79 Å². The molecule has 3 rings (SSSR count). The van der Waals surface area contributed by atoms with Gasteiger partial charge >= 0.3 is 0 Å². The van der Waals surface area contributed by atoms with E-state index < -0.39 is 0 Å². The summed E-state index contributed by atoms with van der Waals surface area (Å²) in [6, 6.07) is 13.2. The van der Waals surface area contributed by atoms with E-state index in [1.54, 1.807) is 18.2 Å². The minimum Gasteiger partial charge on any atom is -0.273 e. The summed E-state index contributed by atoms with van der Waals surface area (Å²) in [7, 11) is 0. The smallest absolute Gasteiger partial charge is 0.246 e. The molecule has 0 radical (unpaired) electrons. The number of amides is 1. The van der Waals surface area contributed by atoms with Gasteiger partial charge in [0.1, 0.15) is 10.8 Å². The van der Waals surface area contributed by atoms with E-state index in [4.69, 9.17) is 11.6 Å². The third-order valence-corrected chi connectivity index (χ3v) is 4.41. The molecule has 0 unspecified atom stereocenters. The van der Waals surface area contributed by atoms with Crippen LogP contribution in [0.25, 0.3) is 10.6 Å². The molecule has 126 valence electrons. The molecule has 7 heteroatoms. The Hall–Kier alpha value is -2.57. The Morgan fingerprint density at radius 1 is 1.28 bits per heavy atom. The average molecular weight is 374 g/mol. The maximum atomic E-state index is 12.8. The molecule has 25 heavy (non-hydrogen) atoms. The molecule has 0 saturated heterocycles. The molecule has 1 N–H and O–H groups in total. The first kappa shape index (κ1) is 17.3. The fourth-order valence-electron chi connectivity index (χ4n) is 2.07. The number of benzene rings is 2. The zero-order valence-electron chi connectivity index (χ0n) is 12.9. The molecule has 4 nitrogen and oxygen atoms in total. The van der Waals surface area contributed by atoms with Crippen molar-refractivity contribution >= 4 is 35.1 Å². The van der Waals surface area contributed by atoms with Crippen molar-refractivity contribution in [3.63, 3.8) is 0 Å². The highest BCUT2D eigenvalue weighted by molar-refractivity contribution is 7.13. The van der Waals surface area contributed by atoms with Crippen LogP contribution in [-0.4, -0.2) is 17.1 Å². The Labute approximate surface area is 153 Å². The molecule has 0 saturated carbocycles. The Bertz CT molecular complexity index is 909. The number of thiazole rings is 1. The number of aromatic nitrogens is 1. The van der Waals surface area contributed by atoms with Gasteiger partial charge in [0, 0.05) is 16.0 Å². The van der Waals surface area contributed by atoms with Gasteiger partial charge in [0.2, 0.25) is 5.91 Å². The standard InChI is InChI=1S/C18H13ClFN3OS/c19-14-3-1-2-13(8-14)18-22-16(11-25-18)9-17(24)23-21-10-12-4-6-15(20)7-5-12/h1-8,10-11H,9H2,(H,23,24). The second-order valence-corrected chi connectivity index (χ2v) is 6.47. The highest BCUT2D eigenvalue weighted by Crippen LogP contribution is 2.26. The number of nitrogens with one attached hydrogen (secondary N) is 1. The molecule has 0 aliphatic heterocycles.